The van der Waals surface area contributed by atoms with Gasteiger partial charge >= 0.3 is 0 Å². The minimum Gasteiger partial charge on any atom is -0.0509 e. The Morgan fingerprint density at radius 1 is 1.38 bits per heavy atom. The van der Waals surface area contributed by atoms with Crippen LogP contribution in [0.3, 0.4) is 0 Å². The first-order valence-corrected chi connectivity index (χ1v) is 3.00. The van der Waals surface area contributed by atoms with Crippen molar-refractivity contribution in [3.63, 3.8) is 0 Å². The highest BCUT2D eigenvalue weighted by molar-refractivity contribution is 4.70. The Morgan fingerprint density at radius 2 is 2.00 bits per heavy atom. The van der Waals surface area contributed by atoms with Gasteiger partial charge in [-0.05, 0) is 12.8 Å². The van der Waals surface area contributed by atoms with Gasteiger partial charge in [-0.2, -0.15) is 0 Å². The second-order valence-corrected chi connectivity index (χ2v) is 2.15. The van der Waals surface area contributed by atoms with Crippen LogP contribution in [0.25, 0.3) is 0 Å². The first-order valence-electron chi connectivity index (χ1n) is 3.00. The molecular weight excluding hydrogens is 102 g/mol. The Kier molecular flexibility index (Phi) is 1.75. The summed E-state index contributed by atoms with van der Waals surface area (Å²) in [4.78, 5) is 2.99. The molecule has 1 rings (SSSR count). The molecule has 0 aromatic heterocycles. The predicted molar refractivity (Wildman–Crippen MR) is 29.5 cm³/mol. The molecule has 0 bridgehead atoms. The molecule has 1 aliphatic rings. The van der Waals surface area contributed by atoms with E-state index in [0.717, 1.165) is 12.8 Å². The summed E-state index contributed by atoms with van der Waals surface area (Å²) in [6, 6.07) is 0.382. The highest BCUT2D eigenvalue weighted by Crippen LogP contribution is 2.19. The molecule has 0 atom stereocenters. The molecule has 1 aliphatic carbocycles. The third-order valence-corrected chi connectivity index (χ3v) is 1.55. The van der Waals surface area contributed by atoms with Crippen LogP contribution >= 0.6 is 0 Å². The first-order chi connectivity index (χ1) is 3.93. The highest BCUT2D eigenvalue weighted by Gasteiger charge is 2.17. The standard InChI is InChI=1S/C5H10N3/c6-8-7-5-3-1-2-4-5/h5-6H,1-4H2/q+1. The van der Waals surface area contributed by atoms with E-state index < -0.39 is 0 Å². The molecule has 0 unspecified atom stereocenters. The van der Waals surface area contributed by atoms with E-state index in [0.29, 0.717) is 6.04 Å². The molecule has 0 heterocycles. The van der Waals surface area contributed by atoms with Crippen molar-refractivity contribution < 1.29 is 0 Å². The Bertz CT molecular complexity index is 109. The third-order valence-electron chi connectivity index (χ3n) is 1.55. The zero-order chi connectivity index (χ0) is 5.82. The number of hydrogen-bond acceptors (Lipinski definition) is 2. The predicted octanol–water partition coefficient (Wildman–Crippen LogP) is 1.48. The van der Waals surface area contributed by atoms with Gasteiger partial charge in [0, 0.05) is 0 Å². The molecule has 1 N–H and O–H groups in total. The van der Waals surface area contributed by atoms with E-state index in [1.807, 2.05) is 0 Å². The number of rotatable bonds is 1. The van der Waals surface area contributed by atoms with Gasteiger partial charge < -0.3 is 0 Å². The summed E-state index contributed by atoms with van der Waals surface area (Å²) in [5, 5.41) is 3.72. The number of nitrogens with zero attached hydrogens (tertiary/aromatic N) is 2. The SMILES string of the molecule is N=[N+]=NC1CCCC1. The van der Waals surface area contributed by atoms with Gasteiger partial charge in [0.25, 0.3) is 0 Å². The average Bonchev–Trinajstić information content (AvgIpc) is 2.19. The van der Waals surface area contributed by atoms with Crippen molar-refractivity contribution in [2.75, 3.05) is 0 Å². The van der Waals surface area contributed by atoms with Crippen molar-refractivity contribution in [1.82, 2.24) is 4.91 Å². The normalized spacial score (nSPS) is 20.5. The first kappa shape index (κ1) is 5.45. The monoisotopic (exact) mass is 112 g/mol. The minimum absolute atomic E-state index is 0.382. The summed E-state index contributed by atoms with van der Waals surface area (Å²) in [6.45, 7) is 0. The minimum atomic E-state index is 0.382. The molecule has 3 heteroatoms. The van der Waals surface area contributed by atoms with E-state index in [2.05, 4.69) is 10.0 Å². The summed E-state index contributed by atoms with van der Waals surface area (Å²) in [5.41, 5.74) is 6.43. The van der Waals surface area contributed by atoms with Crippen LogP contribution in [-0.4, -0.2) is 6.04 Å². The topological polar surface area (TPSA) is 50.3 Å². The van der Waals surface area contributed by atoms with Crippen LogP contribution in [0.1, 0.15) is 25.7 Å². The van der Waals surface area contributed by atoms with Crippen molar-refractivity contribution in [3.8, 4) is 0 Å². The van der Waals surface area contributed by atoms with Crippen molar-refractivity contribution >= 4 is 0 Å². The van der Waals surface area contributed by atoms with Gasteiger partial charge in [-0.25, -0.2) is 0 Å². The molecule has 3 nitrogen and oxygen atoms in total. The fourth-order valence-corrected chi connectivity index (χ4v) is 1.10. The van der Waals surface area contributed by atoms with E-state index in [1.54, 1.807) is 0 Å². The van der Waals surface area contributed by atoms with Crippen LogP contribution in [-0.2, 0) is 0 Å². The van der Waals surface area contributed by atoms with Crippen LogP contribution < -0.4 is 4.91 Å². The van der Waals surface area contributed by atoms with Crippen molar-refractivity contribution in [2.24, 2.45) is 5.11 Å². The molecule has 1 fully saturated rings. The van der Waals surface area contributed by atoms with Gasteiger partial charge in [0.2, 0.25) is 4.91 Å². The largest absolute Gasteiger partial charge is 0.214 e. The Hall–Kier alpha value is -0.690. The van der Waals surface area contributed by atoms with Crippen LogP contribution in [0, 0.1) is 5.53 Å². The van der Waals surface area contributed by atoms with Gasteiger partial charge in [-0.1, -0.05) is 12.8 Å². The van der Waals surface area contributed by atoms with E-state index in [9.17, 15) is 0 Å². The van der Waals surface area contributed by atoms with Crippen molar-refractivity contribution in [2.45, 2.75) is 31.7 Å². The zero-order valence-corrected chi connectivity index (χ0v) is 4.80. The summed E-state index contributed by atoms with van der Waals surface area (Å²) < 4.78 is 0. The molecule has 0 aliphatic heterocycles. The third kappa shape index (κ3) is 1.14. The quantitative estimate of drug-likeness (QED) is 0.394. The molecule has 0 aromatic rings. The summed E-state index contributed by atoms with van der Waals surface area (Å²) in [6.07, 6.45) is 4.82. The van der Waals surface area contributed by atoms with E-state index in [1.165, 1.54) is 12.8 Å². The lowest BCUT2D eigenvalue weighted by molar-refractivity contribution is 0.643. The second kappa shape index (κ2) is 2.58. The summed E-state index contributed by atoms with van der Waals surface area (Å²) in [5.74, 6) is 0. The lowest BCUT2D eigenvalue weighted by Crippen LogP contribution is -1.93. The van der Waals surface area contributed by atoms with E-state index >= 15 is 0 Å². The molecule has 8 heavy (non-hydrogen) atoms. The van der Waals surface area contributed by atoms with Gasteiger partial charge in [-0.3, -0.25) is 0 Å². The molecule has 44 valence electrons. The van der Waals surface area contributed by atoms with Gasteiger partial charge in [0.05, 0.1) is 0 Å². The Morgan fingerprint density at radius 3 is 2.50 bits per heavy atom. The summed E-state index contributed by atoms with van der Waals surface area (Å²) >= 11 is 0. The zero-order valence-electron chi connectivity index (χ0n) is 4.80. The van der Waals surface area contributed by atoms with Gasteiger partial charge in [0.1, 0.15) is 16.7 Å². The highest BCUT2D eigenvalue weighted by atomic mass is 15.1. The average molecular weight is 112 g/mol. The molecule has 0 spiro atoms. The molecular formula is C5H10N3+. The molecule has 0 aromatic carbocycles. The van der Waals surface area contributed by atoms with E-state index in [-0.39, 0.29) is 0 Å². The molecule has 0 radical (unpaired) electrons. The smallest absolute Gasteiger partial charge is 0.0509 e. The van der Waals surface area contributed by atoms with Gasteiger partial charge in [-0.15, -0.1) is 0 Å². The van der Waals surface area contributed by atoms with Crippen molar-refractivity contribution in [3.05, 3.63) is 0 Å². The maximum Gasteiger partial charge on any atom is 0.214 e. The maximum absolute atomic E-state index is 6.43. The van der Waals surface area contributed by atoms with E-state index in [4.69, 9.17) is 5.53 Å². The number of hydrogen-bond donors (Lipinski definition) is 1. The van der Waals surface area contributed by atoms with Crippen molar-refractivity contribution in [1.29, 1.82) is 5.53 Å². The van der Waals surface area contributed by atoms with Gasteiger partial charge in [0.15, 0.2) is 0 Å². The van der Waals surface area contributed by atoms with Crippen LogP contribution in [0.15, 0.2) is 5.11 Å². The molecule has 0 saturated heterocycles. The Labute approximate surface area is 48.3 Å². The van der Waals surface area contributed by atoms with Crippen LogP contribution in [0.5, 0.6) is 0 Å². The fourth-order valence-electron chi connectivity index (χ4n) is 1.10. The second-order valence-electron chi connectivity index (χ2n) is 2.15. The summed E-state index contributed by atoms with van der Waals surface area (Å²) in [7, 11) is 0. The lowest BCUT2D eigenvalue weighted by Gasteiger charge is -1.84. The van der Waals surface area contributed by atoms with Crippen LogP contribution in [0.4, 0.5) is 0 Å². The maximum atomic E-state index is 6.43. The molecule has 1 saturated carbocycles. The lowest BCUT2D eigenvalue weighted by atomic mass is 10.3. The molecule has 0 amide bonds. The fraction of sp³-hybridized carbons (Fsp3) is 1.00. The van der Waals surface area contributed by atoms with Crippen LogP contribution in [0.2, 0.25) is 0 Å². The Balaban J connectivity index is 2.35. The number of nitrogens with one attached hydrogen (secondary N) is 1.